The Bertz CT molecular complexity index is 1330. The van der Waals surface area contributed by atoms with Crippen LogP contribution in [0.25, 0.3) is 0 Å². The number of aryl methyl sites for hydroxylation is 1. The van der Waals surface area contributed by atoms with Crippen LogP contribution >= 0.6 is 0 Å². The second kappa shape index (κ2) is 15.0. The van der Waals surface area contributed by atoms with Crippen LogP contribution in [-0.2, 0) is 10.5 Å². The smallest absolute Gasteiger partial charge is 0.335 e. The number of carboxylic acid groups (broad SMARTS) is 1. The summed E-state index contributed by atoms with van der Waals surface area (Å²) < 4.78 is 30.1. The highest BCUT2D eigenvalue weighted by Gasteiger charge is 2.23. The number of aliphatic hydroxyl groups is 1. The van der Waals surface area contributed by atoms with Crippen molar-refractivity contribution in [1.82, 2.24) is 5.32 Å². The number of carbonyl (C=O) groups is 1. The first-order valence-electron chi connectivity index (χ1n) is 12.7. The van der Waals surface area contributed by atoms with Crippen LogP contribution in [0.2, 0.25) is 0 Å². The van der Waals surface area contributed by atoms with Crippen LogP contribution < -0.4 is 10.1 Å². The first-order valence-corrected chi connectivity index (χ1v) is 13.8. The maximum atomic E-state index is 11.0. The van der Waals surface area contributed by atoms with Crippen LogP contribution in [0.1, 0.15) is 53.1 Å². The normalized spacial score (nSPS) is 17.3. The second-order valence-corrected chi connectivity index (χ2v) is 10.1. The molecule has 4 rings (SSSR count). The summed E-state index contributed by atoms with van der Waals surface area (Å²) in [6, 6.07) is 21.6. The monoisotopic (exact) mass is 554 g/mol. The van der Waals surface area contributed by atoms with Crippen molar-refractivity contribution < 1.29 is 33.3 Å². The van der Waals surface area contributed by atoms with Crippen molar-refractivity contribution in [2.45, 2.75) is 50.7 Å². The zero-order valence-corrected chi connectivity index (χ0v) is 22.5. The summed E-state index contributed by atoms with van der Waals surface area (Å²) in [5.74, 6) is -0.508. The number of aliphatic hydroxyl groups excluding tert-OH is 1. The van der Waals surface area contributed by atoms with Gasteiger partial charge in [0, 0.05) is 18.7 Å². The molecule has 0 bridgehead atoms. The van der Waals surface area contributed by atoms with E-state index >= 15 is 0 Å². The van der Waals surface area contributed by atoms with Gasteiger partial charge in [0.05, 0.1) is 5.56 Å². The van der Waals surface area contributed by atoms with E-state index in [1.54, 1.807) is 12.1 Å². The molecule has 1 fully saturated rings. The minimum atomic E-state index is -2.70. The van der Waals surface area contributed by atoms with E-state index in [0.29, 0.717) is 23.8 Å². The van der Waals surface area contributed by atoms with E-state index in [0.717, 1.165) is 31.2 Å². The van der Waals surface area contributed by atoms with Gasteiger partial charge in [0.2, 0.25) is 0 Å². The van der Waals surface area contributed by atoms with Gasteiger partial charge >= 0.3 is 16.5 Å². The van der Waals surface area contributed by atoms with E-state index in [9.17, 15) is 23.4 Å². The minimum Gasteiger partial charge on any atom is -0.506 e. The van der Waals surface area contributed by atoms with E-state index in [4.69, 9.17) is 9.84 Å². The summed E-state index contributed by atoms with van der Waals surface area (Å²) in [5.41, 5.74) is 2.64. The Balaban J connectivity index is 0.000000520. The van der Waals surface area contributed by atoms with E-state index in [-0.39, 0.29) is 24.1 Å². The zero-order chi connectivity index (χ0) is 28.2. The number of benzene rings is 3. The highest BCUT2D eigenvalue weighted by Crippen LogP contribution is 2.33. The Morgan fingerprint density at radius 3 is 2.26 bits per heavy atom. The molecule has 0 radical (unpaired) electrons. The van der Waals surface area contributed by atoms with Gasteiger partial charge in [0.15, 0.2) is 0 Å². The van der Waals surface area contributed by atoms with Crippen molar-refractivity contribution in [3.05, 3.63) is 89.5 Å². The quantitative estimate of drug-likeness (QED) is 0.294. The molecule has 0 aromatic heterocycles. The molecule has 0 aliphatic heterocycles. The molecule has 4 N–H and O–H groups in total. The molecule has 1 atom stereocenters. The number of rotatable bonds is 9. The van der Waals surface area contributed by atoms with Crippen LogP contribution in [0, 0.1) is 6.92 Å². The minimum absolute atomic E-state index is 0.00293. The topological polar surface area (TPSA) is 146 Å². The number of aromatic carboxylic acids is 1. The molecule has 0 saturated heterocycles. The summed E-state index contributed by atoms with van der Waals surface area (Å²) in [6.07, 6.45) is 3.11. The van der Waals surface area contributed by atoms with Gasteiger partial charge in [0.25, 0.3) is 0 Å². The van der Waals surface area contributed by atoms with Crippen molar-refractivity contribution in [3.8, 4) is 11.5 Å². The van der Waals surface area contributed by atoms with Gasteiger partial charge in [-0.2, -0.15) is 8.42 Å². The molecule has 39 heavy (non-hydrogen) atoms. The molecule has 208 valence electrons. The van der Waals surface area contributed by atoms with E-state index < -0.39 is 22.6 Å². The second-order valence-electron chi connectivity index (χ2n) is 9.46. The number of nitrogens with zero attached hydrogens (tertiary/aromatic N) is 1. The molecule has 0 heterocycles. The maximum Gasteiger partial charge on any atom is 0.335 e. The van der Waals surface area contributed by atoms with E-state index in [1.165, 1.54) is 23.8 Å². The molecule has 9 nitrogen and oxygen atoms in total. The number of hydrogen-bond donors (Lipinski definition) is 4. The van der Waals surface area contributed by atoms with Crippen molar-refractivity contribution in [2.75, 3.05) is 13.2 Å². The van der Waals surface area contributed by atoms with E-state index in [1.807, 2.05) is 30.3 Å². The molecular formula is C29H34N2O7S. The lowest BCUT2D eigenvalue weighted by molar-refractivity contribution is 0.0696. The van der Waals surface area contributed by atoms with Crippen molar-refractivity contribution in [3.63, 3.8) is 0 Å². The fourth-order valence-corrected chi connectivity index (χ4v) is 4.67. The summed E-state index contributed by atoms with van der Waals surface area (Å²) in [6.45, 7) is 2.44. The largest absolute Gasteiger partial charge is 0.506 e. The lowest BCUT2D eigenvalue weighted by Crippen LogP contribution is -2.39. The predicted molar refractivity (Wildman–Crippen MR) is 148 cm³/mol. The van der Waals surface area contributed by atoms with Gasteiger partial charge < -0.3 is 25.4 Å². The summed E-state index contributed by atoms with van der Waals surface area (Å²) in [7, 11) is -2.70. The molecular weight excluding hydrogens is 520 g/mol. The fraction of sp³-hybridized carbons (Fsp3) is 0.345. The van der Waals surface area contributed by atoms with Crippen LogP contribution in [0.15, 0.2) is 77.2 Å². The Kier molecular flexibility index (Phi) is 11.5. The first-order chi connectivity index (χ1) is 18.7. The SMILES string of the molecule is Cc1ccccc1.O=C(O)c1ccc(C2CCC(NC[C@H](O)COc3ccc(O)c(N=S(=O)=O)c3)CC2)cc1. The number of ether oxygens (including phenoxy) is 1. The average Bonchev–Trinajstić information content (AvgIpc) is 2.93. The summed E-state index contributed by atoms with van der Waals surface area (Å²) >= 11 is 0. The van der Waals surface area contributed by atoms with Crippen molar-refractivity contribution in [1.29, 1.82) is 0 Å². The number of nitrogens with one attached hydrogen (secondary N) is 1. The van der Waals surface area contributed by atoms with Crippen LogP contribution in [0.4, 0.5) is 5.69 Å². The molecule has 1 aliphatic rings. The third-order valence-corrected chi connectivity index (χ3v) is 6.85. The van der Waals surface area contributed by atoms with Gasteiger partial charge in [-0.25, -0.2) is 4.79 Å². The highest BCUT2D eigenvalue weighted by molar-refractivity contribution is 7.61. The number of carboxylic acids is 1. The third-order valence-electron chi connectivity index (χ3n) is 6.50. The predicted octanol–water partition coefficient (Wildman–Crippen LogP) is 4.84. The first kappa shape index (κ1) is 29.8. The number of hydrogen-bond acceptors (Lipinski definition) is 8. The van der Waals surface area contributed by atoms with Crippen LogP contribution in [-0.4, -0.2) is 55.0 Å². The number of phenols is 1. The Labute approximate surface area is 229 Å². The lowest BCUT2D eigenvalue weighted by atomic mass is 9.81. The van der Waals surface area contributed by atoms with Gasteiger partial charge in [-0.05, 0) is 68.4 Å². The highest BCUT2D eigenvalue weighted by atomic mass is 32.2. The summed E-state index contributed by atoms with van der Waals surface area (Å²) in [4.78, 5) is 11.0. The van der Waals surface area contributed by atoms with Crippen molar-refractivity contribution >= 4 is 22.2 Å². The number of phenolic OH excluding ortho intramolecular Hbond substituents is 1. The lowest BCUT2D eigenvalue weighted by Gasteiger charge is -2.30. The van der Waals surface area contributed by atoms with E-state index in [2.05, 4.69) is 28.7 Å². The molecule has 0 amide bonds. The fourth-order valence-electron chi connectivity index (χ4n) is 4.36. The van der Waals surface area contributed by atoms with Crippen molar-refractivity contribution in [2.24, 2.45) is 4.36 Å². The molecule has 0 spiro atoms. The third kappa shape index (κ3) is 10.2. The van der Waals surface area contributed by atoms with Gasteiger partial charge in [0.1, 0.15) is 29.9 Å². The Morgan fingerprint density at radius 1 is 1.03 bits per heavy atom. The maximum absolute atomic E-state index is 11.0. The zero-order valence-electron chi connectivity index (χ0n) is 21.7. The Hall–Kier alpha value is -3.73. The molecule has 3 aromatic carbocycles. The van der Waals surface area contributed by atoms with Gasteiger partial charge in [-0.3, -0.25) is 0 Å². The Morgan fingerprint density at radius 2 is 1.69 bits per heavy atom. The van der Waals surface area contributed by atoms with Crippen LogP contribution in [0.5, 0.6) is 11.5 Å². The molecule has 1 saturated carbocycles. The molecule has 0 unspecified atom stereocenters. The average molecular weight is 555 g/mol. The molecule has 10 heteroatoms. The molecule has 3 aromatic rings. The van der Waals surface area contributed by atoms with Gasteiger partial charge in [-0.1, -0.05) is 48.0 Å². The summed E-state index contributed by atoms with van der Waals surface area (Å²) in [5, 5.41) is 32.2. The standard InChI is InChI=1S/C22H26N2O7S.C7H8/c25-18(13-31-19-9-10-21(26)20(11-19)24-32(29)30)12-23-17-7-5-15(6-8-17)14-1-3-16(4-2-14)22(27)28;1-7-5-3-2-4-6-7/h1-4,9-11,15,17-18,23,25-26H,5-8,12-13H2,(H,27,28);2-6H,1H3/t15?,17?,18-;/m0./s1. The van der Waals surface area contributed by atoms with Crippen LogP contribution in [0.3, 0.4) is 0 Å². The number of aromatic hydroxyl groups is 1. The molecule has 1 aliphatic carbocycles. The van der Waals surface area contributed by atoms with Gasteiger partial charge in [-0.15, -0.1) is 4.36 Å².